The zero-order valence-corrected chi connectivity index (χ0v) is 18.8. The van der Waals surface area contributed by atoms with Crippen LogP contribution in [0.25, 0.3) is 0 Å². The summed E-state index contributed by atoms with van der Waals surface area (Å²) in [6.45, 7) is 0.130. The highest BCUT2D eigenvalue weighted by Crippen LogP contribution is 2.30. The minimum absolute atomic E-state index is 0.00522. The molecule has 1 N–H and O–H groups in total. The normalized spacial score (nSPS) is 14.6. The smallest absolute Gasteiger partial charge is 0.343 e. The van der Waals surface area contributed by atoms with Gasteiger partial charge in [0.2, 0.25) is 10.0 Å². The van der Waals surface area contributed by atoms with Gasteiger partial charge in [0.15, 0.2) is 6.61 Å². The van der Waals surface area contributed by atoms with E-state index in [2.05, 4.69) is 5.32 Å². The third-order valence-electron chi connectivity index (χ3n) is 4.90. The molecular formula is C21H22ClFN2O6S. The van der Waals surface area contributed by atoms with Gasteiger partial charge in [-0.15, -0.1) is 0 Å². The summed E-state index contributed by atoms with van der Waals surface area (Å²) >= 11 is 5.81. The lowest BCUT2D eigenvalue weighted by molar-refractivity contribution is -0.119. The molecule has 32 heavy (non-hydrogen) atoms. The monoisotopic (exact) mass is 484 g/mol. The zero-order valence-electron chi connectivity index (χ0n) is 17.3. The average molecular weight is 485 g/mol. The van der Waals surface area contributed by atoms with Crippen LogP contribution in [0, 0.1) is 5.82 Å². The number of halogens is 2. The minimum Gasteiger partial charge on any atom is -0.495 e. The van der Waals surface area contributed by atoms with Crippen molar-refractivity contribution in [3.05, 3.63) is 52.8 Å². The minimum atomic E-state index is -3.73. The van der Waals surface area contributed by atoms with E-state index in [0.717, 1.165) is 25.3 Å². The van der Waals surface area contributed by atoms with Crippen LogP contribution >= 0.6 is 11.6 Å². The van der Waals surface area contributed by atoms with Gasteiger partial charge in [-0.2, -0.15) is 4.31 Å². The van der Waals surface area contributed by atoms with Gasteiger partial charge in [-0.05, 0) is 43.2 Å². The van der Waals surface area contributed by atoms with Gasteiger partial charge in [0.25, 0.3) is 5.91 Å². The quantitative estimate of drug-likeness (QED) is 0.604. The summed E-state index contributed by atoms with van der Waals surface area (Å²) in [6, 6.07) is 7.81. The van der Waals surface area contributed by atoms with E-state index in [1.807, 2.05) is 0 Å². The Morgan fingerprint density at radius 3 is 2.53 bits per heavy atom. The molecule has 1 fully saturated rings. The molecule has 172 valence electrons. The van der Waals surface area contributed by atoms with Crippen molar-refractivity contribution >= 4 is 39.2 Å². The number of nitrogens with zero attached hydrogens (tertiary/aromatic N) is 1. The molecule has 0 saturated carbocycles. The first-order chi connectivity index (χ1) is 15.2. The predicted molar refractivity (Wildman–Crippen MR) is 116 cm³/mol. The van der Waals surface area contributed by atoms with Crippen LogP contribution in [0.1, 0.15) is 29.6 Å². The second-order valence-corrected chi connectivity index (χ2v) is 9.39. The second-order valence-electron chi connectivity index (χ2n) is 7.05. The number of hydrogen-bond donors (Lipinski definition) is 1. The van der Waals surface area contributed by atoms with Crippen LogP contribution in [0.5, 0.6) is 5.75 Å². The Morgan fingerprint density at radius 2 is 1.88 bits per heavy atom. The summed E-state index contributed by atoms with van der Waals surface area (Å²) in [4.78, 5) is 24.4. The van der Waals surface area contributed by atoms with Crippen LogP contribution in [-0.2, 0) is 19.6 Å². The lowest BCUT2D eigenvalue weighted by Gasteiger charge is -2.26. The van der Waals surface area contributed by atoms with Crippen LogP contribution in [-0.4, -0.2) is 51.4 Å². The van der Waals surface area contributed by atoms with E-state index < -0.39 is 39.9 Å². The number of nitrogens with one attached hydrogen (secondary N) is 1. The highest BCUT2D eigenvalue weighted by Gasteiger charge is 2.27. The number of rotatable bonds is 7. The molecule has 2 aromatic carbocycles. The first kappa shape index (κ1) is 24.0. The molecule has 1 aliphatic heterocycles. The van der Waals surface area contributed by atoms with Crippen molar-refractivity contribution in [2.45, 2.75) is 24.2 Å². The lowest BCUT2D eigenvalue weighted by atomic mass is 10.2. The fraction of sp³-hybridized carbons (Fsp3) is 0.333. The highest BCUT2D eigenvalue weighted by atomic mass is 35.5. The molecule has 8 nitrogen and oxygen atoms in total. The summed E-state index contributed by atoms with van der Waals surface area (Å²) in [7, 11) is -2.37. The van der Waals surface area contributed by atoms with Gasteiger partial charge in [-0.1, -0.05) is 24.1 Å². The maximum absolute atomic E-state index is 13.8. The molecule has 1 saturated heterocycles. The van der Waals surface area contributed by atoms with Gasteiger partial charge in [-0.25, -0.2) is 17.6 Å². The number of hydrogen-bond acceptors (Lipinski definition) is 6. The topological polar surface area (TPSA) is 102 Å². The van der Waals surface area contributed by atoms with E-state index in [1.165, 1.54) is 41.7 Å². The molecule has 0 radical (unpaired) electrons. The van der Waals surface area contributed by atoms with Crippen molar-refractivity contribution in [1.82, 2.24) is 4.31 Å². The number of methoxy groups -OCH3 is 1. The van der Waals surface area contributed by atoms with Crippen molar-refractivity contribution in [3.63, 3.8) is 0 Å². The van der Waals surface area contributed by atoms with E-state index >= 15 is 0 Å². The number of sulfonamides is 1. The molecule has 0 bridgehead atoms. The largest absolute Gasteiger partial charge is 0.495 e. The molecule has 3 rings (SSSR count). The van der Waals surface area contributed by atoms with E-state index in [1.54, 1.807) is 0 Å². The average Bonchev–Trinajstić information content (AvgIpc) is 2.78. The highest BCUT2D eigenvalue weighted by molar-refractivity contribution is 7.89. The molecule has 0 unspecified atom stereocenters. The van der Waals surface area contributed by atoms with Gasteiger partial charge in [0.05, 0.1) is 22.7 Å². The molecule has 1 amide bonds. The number of amides is 1. The Labute approximate surface area is 190 Å². The molecule has 0 atom stereocenters. The van der Waals surface area contributed by atoms with E-state index in [0.29, 0.717) is 13.1 Å². The Morgan fingerprint density at radius 1 is 1.16 bits per heavy atom. The number of benzene rings is 2. The lowest BCUT2D eigenvalue weighted by Crippen LogP contribution is -2.35. The maximum Gasteiger partial charge on any atom is 0.343 e. The van der Waals surface area contributed by atoms with Crippen LogP contribution in [0.4, 0.5) is 10.1 Å². The van der Waals surface area contributed by atoms with E-state index in [-0.39, 0.29) is 21.4 Å². The van der Waals surface area contributed by atoms with Gasteiger partial charge >= 0.3 is 5.97 Å². The molecule has 1 aliphatic rings. The number of esters is 1. The summed E-state index contributed by atoms with van der Waals surface area (Å²) in [6.07, 6.45) is 2.56. The number of carbonyl (C=O) groups excluding carboxylic acids is 2. The van der Waals surface area contributed by atoms with E-state index in [9.17, 15) is 22.4 Å². The fourth-order valence-electron chi connectivity index (χ4n) is 3.28. The molecule has 1 heterocycles. The summed E-state index contributed by atoms with van der Waals surface area (Å²) in [5, 5.41) is 2.32. The maximum atomic E-state index is 13.8. The molecule has 0 aliphatic carbocycles. The van der Waals surface area contributed by atoms with Crippen molar-refractivity contribution in [2.75, 3.05) is 32.1 Å². The third kappa shape index (κ3) is 5.37. The first-order valence-electron chi connectivity index (χ1n) is 9.83. The molecule has 0 spiro atoms. The van der Waals surface area contributed by atoms with E-state index in [4.69, 9.17) is 21.1 Å². The Hall–Kier alpha value is -2.69. The molecular weight excluding hydrogens is 463 g/mol. The number of ether oxygens (including phenoxy) is 2. The van der Waals surface area contributed by atoms with Crippen LogP contribution in [0.3, 0.4) is 0 Å². The Bertz CT molecular complexity index is 1100. The molecule has 0 aromatic heterocycles. The molecule has 2 aromatic rings. The number of carbonyl (C=O) groups is 2. The van der Waals surface area contributed by atoms with Crippen LogP contribution in [0.2, 0.25) is 5.02 Å². The predicted octanol–water partition coefficient (Wildman–Crippen LogP) is 3.46. The molecule has 11 heteroatoms. The number of anilines is 1. The number of piperidine rings is 1. The summed E-state index contributed by atoms with van der Waals surface area (Å²) in [5.41, 5.74) is -0.385. The Balaban J connectivity index is 1.72. The second kappa shape index (κ2) is 10.3. The Kier molecular flexibility index (Phi) is 7.70. The van der Waals surface area contributed by atoms with Gasteiger partial charge in [-0.3, -0.25) is 4.79 Å². The van der Waals surface area contributed by atoms with Crippen molar-refractivity contribution in [1.29, 1.82) is 0 Å². The van der Waals surface area contributed by atoms with Gasteiger partial charge < -0.3 is 14.8 Å². The fourth-order valence-corrected chi connectivity index (χ4v) is 5.07. The van der Waals surface area contributed by atoms with Gasteiger partial charge in [0.1, 0.15) is 17.1 Å². The first-order valence-corrected chi connectivity index (χ1v) is 11.6. The van der Waals surface area contributed by atoms with Crippen molar-refractivity contribution in [2.24, 2.45) is 0 Å². The van der Waals surface area contributed by atoms with Gasteiger partial charge in [0, 0.05) is 13.1 Å². The summed E-state index contributed by atoms with van der Waals surface area (Å²) in [5.74, 6) is -2.52. The van der Waals surface area contributed by atoms with Crippen molar-refractivity contribution < 1.29 is 31.9 Å². The zero-order chi connectivity index (χ0) is 23.3. The van der Waals surface area contributed by atoms with Crippen LogP contribution < -0.4 is 10.1 Å². The third-order valence-corrected chi connectivity index (χ3v) is 7.11. The summed E-state index contributed by atoms with van der Waals surface area (Å²) < 4.78 is 51.1. The SMILES string of the molecule is COc1ccc(S(=O)(=O)N2CCCCC2)cc1NC(=O)COC(=O)c1c(F)cccc1Cl. The standard InChI is InChI=1S/C21H22ClFN2O6S/c1-30-18-9-8-14(32(28,29)25-10-3-2-4-11-25)12-17(18)24-19(26)13-31-21(27)20-15(22)6-5-7-16(20)23/h5-9,12H,2-4,10-11,13H2,1H3,(H,24,26). The van der Waals surface area contributed by atoms with Crippen molar-refractivity contribution in [3.8, 4) is 5.75 Å². The van der Waals surface area contributed by atoms with Crippen LogP contribution in [0.15, 0.2) is 41.3 Å².